The summed E-state index contributed by atoms with van der Waals surface area (Å²) < 4.78 is 31.4. The van der Waals surface area contributed by atoms with Crippen LogP contribution in [0.2, 0.25) is 0 Å². The lowest BCUT2D eigenvalue weighted by Crippen LogP contribution is -2.39. The number of aromatic nitrogens is 4. The molecule has 2 aromatic heterocycles. The third kappa shape index (κ3) is 6.20. The van der Waals surface area contributed by atoms with Crippen molar-refractivity contribution in [1.29, 1.82) is 0 Å². The first-order chi connectivity index (χ1) is 24.4. The average molecular weight is 705 g/mol. The molecule has 8 nitrogen and oxygen atoms in total. The minimum absolute atomic E-state index is 0.0303. The third-order valence-electron chi connectivity index (χ3n) is 8.81. The van der Waals surface area contributed by atoms with E-state index in [4.69, 9.17) is 10.2 Å². The molecule has 6 aromatic rings. The van der Waals surface area contributed by atoms with Crippen LogP contribution in [-0.2, 0) is 9.59 Å². The molecule has 4 aromatic carbocycles. The molecule has 0 aliphatic carbocycles. The van der Waals surface area contributed by atoms with Gasteiger partial charge in [-0.15, -0.1) is 23.5 Å². The van der Waals surface area contributed by atoms with Gasteiger partial charge in [-0.05, 0) is 72.8 Å². The fourth-order valence-corrected chi connectivity index (χ4v) is 8.79. The van der Waals surface area contributed by atoms with E-state index >= 15 is 0 Å². The molecule has 2 fully saturated rings. The minimum atomic E-state index is -0.362. The molecule has 2 atom stereocenters. The van der Waals surface area contributed by atoms with Crippen molar-refractivity contribution in [3.05, 3.63) is 144 Å². The van der Waals surface area contributed by atoms with Gasteiger partial charge in [0, 0.05) is 47.7 Å². The molecule has 50 heavy (non-hydrogen) atoms. The Morgan fingerprint density at radius 3 is 1.32 bits per heavy atom. The number of thioether (sulfide) groups is 2. The van der Waals surface area contributed by atoms with Crippen LogP contribution < -0.4 is 0 Å². The number of amides is 2. The van der Waals surface area contributed by atoms with Gasteiger partial charge in [-0.1, -0.05) is 36.4 Å². The molecule has 0 radical (unpaired) electrons. The molecule has 0 spiro atoms. The number of nitrogens with zero attached hydrogens (tertiary/aromatic N) is 6. The molecular formula is C38H30F2N6O2S2. The first kappa shape index (κ1) is 32.0. The first-order valence-corrected chi connectivity index (χ1v) is 18.2. The van der Waals surface area contributed by atoms with Crippen molar-refractivity contribution in [3.63, 3.8) is 0 Å². The van der Waals surface area contributed by atoms with Gasteiger partial charge in [-0.2, -0.15) is 10.2 Å². The Kier molecular flexibility index (Phi) is 8.71. The summed E-state index contributed by atoms with van der Waals surface area (Å²) >= 11 is 3.02. The molecule has 0 bridgehead atoms. The summed E-state index contributed by atoms with van der Waals surface area (Å²) in [6.45, 7) is 0.606. The summed E-state index contributed by atoms with van der Waals surface area (Å²) in [6.07, 6.45) is 3.87. The van der Waals surface area contributed by atoms with E-state index in [9.17, 15) is 18.4 Å². The average Bonchev–Trinajstić information content (AvgIpc) is 3.94. The molecule has 2 aliphatic heterocycles. The number of hydrogen-bond donors (Lipinski definition) is 0. The minimum Gasteiger partial charge on any atom is -0.324 e. The zero-order valence-corrected chi connectivity index (χ0v) is 28.2. The number of para-hydroxylation sites is 2. The molecule has 12 heteroatoms. The molecular weight excluding hydrogens is 675 g/mol. The Morgan fingerprint density at radius 2 is 0.940 bits per heavy atom. The zero-order valence-electron chi connectivity index (χ0n) is 26.6. The van der Waals surface area contributed by atoms with Gasteiger partial charge in [0.15, 0.2) is 0 Å². The topological polar surface area (TPSA) is 76.3 Å². The lowest BCUT2D eigenvalue weighted by molar-refractivity contribution is -0.132. The number of carbonyl (C=O) groups excluding carboxylic acids is 2. The Bertz CT molecular complexity index is 2000. The molecule has 0 N–H and O–H groups in total. The predicted molar refractivity (Wildman–Crippen MR) is 192 cm³/mol. The largest absolute Gasteiger partial charge is 0.324 e. The standard InChI is InChI=1S/C38H30F2N6O2S2/c39-27-15-11-25(12-16-27)35-31(21-45(41-35)29-7-3-1-4-8-29)37-43(33(47)23-49-37)19-20-44-34(48)24-50-38(44)32-22-46(30-9-5-2-6-10-30)42-36(32)26-13-17-28(40)18-14-26/h1-18,21-22,37-38H,19-20,23-24H2/t37-,38+. The maximum absolute atomic E-state index is 13.9. The molecule has 250 valence electrons. The Morgan fingerprint density at radius 1 is 0.560 bits per heavy atom. The van der Waals surface area contributed by atoms with Crippen molar-refractivity contribution in [1.82, 2.24) is 29.4 Å². The lowest BCUT2D eigenvalue weighted by Gasteiger charge is -2.29. The van der Waals surface area contributed by atoms with Crippen LogP contribution in [0.1, 0.15) is 21.9 Å². The predicted octanol–water partition coefficient (Wildman–Crippen LogP) is 7.52. The fourth-order valence-electron chi connectivity index (χ4n) is 6.35. The van der Waals surface area contributed by atoms with Crippen molar-refractivity contribution in [2.75, 3.05) is 24.6 Å². The number of rotatable bonds is 9. The normalized spacial score (nSPS) is 17.6. The Labute approximate surface area is 295 Å². The van der Waals surface area contributed by atoms with E-state index in [2.05, 4.69) is 0 Å². The molecule has 8 rings (SSSR count). The van der Waals surface area contributed by atoms with Crippen molar-refractivity contribution in [2.45, 2.75) is 10.7 Å². The zero-order chi connectivity index (χ0) is 34.2. The lowest BCUT2D eigenvalue weighted by atomic mass is 10.1. The van der Waals surface area contributed by atoms with Gasteiger partial charge in [-0.3, -0.25) is 9.59 Å². The van der Waals surface area contributed by atoms with Crippen LogP contribution in [0.5, 0.6) is 0 Å². The fraction of sp³-hybridized carbons (Fsp3) is 0.158. The Balaban J connectivity index is 1.11. The van der Waals surface area contributed by atoms with E-state index in [1.807, 2.05) is 82.9 Å². The number of halogens is 2. The van der Waals surface area contributed by atoms with Gasteiger partial charge >= 0.3 is 0 Å². The van der Waals surface area contributed by atoms with Gasteiger partial charge in [0.1, 0.15) is 22.4 Å². The highest BCUT2D eigenvalue weighted by Crippen LogP contribution is 2.45. The SMILES string of the molecule is O=C1CS[C@H](c2cn(-c3ccccc3)nc2-c2ccc(F)cc2)N1CCN1C(=O)CS[C@H]1c1cn(-c2ccccc2)nc1-c1ccc(F)cc1. The van der Waals surface area contributed by atoms with Crippen molar-refractivity contribution in [3.8, 4) is 33.9 Å². The maximum Gasteiger partial charge on any atom is 0.233 e. The van der Waals surface area contributed by atoms with Crippen LogP contribution in [0, 0.1) is 11.6 Å². The second-order valence-corrected chi connectivity index (χ2v) is 14.1. The smallest absolute Gasteiger partial charge is 0.233 e. The third-order valence-corrected chi connectivity index (χ3v) is 11.3. The first-order valence-electron chi connectivity index (χ1n) is 16.1. The quantitative estimate of drug-likeness (QED) is 0.155. The van der Waals surface area contributed by atoms with Gasteiger partial charge in [0.05, 0.1) is 34.3 Å². The summed E-state index contributed by atoms with van der Waals surface area (Å²) in [7, 11) is 0. The highest BCUT2D eigenvalue weighted by Gasteiger charge is 2.39. The maximum atomic E-state index is 13.9. The van der Waals surface area contributed by atoms with Crippen molar-refractivity contribution in [2.24, 2.45) is 0 Å². The molecule has 4 heterocycles. The van der Waals surface area contributed by atoms with Gasteiger partial charge < -0.3 is 9.80 Å². The number of carbonyl (C=O) groups is 2. The van der Waals surface area contributed by atoms with Gasteiger partial charge in [0.2, 0.25) is 11.8 Å². The summed E-state index contributed by atoms with van der Waals surface area (Å²) in [5.41, 5.74) is 6.19. The summed E-state index contributed by atoms with van der Waals surface area (Å²) in [4.78, 5) is 30.6. The Hall–Kier alpha value is -5.20. The van der Waals surface area contributed by atoms with Crippen molar-refractivity contribution < 1.29 is 18.4 Å². The summed E-state index contributed by atoms with van der Waals surface area (Å²) in [5.74, 6) is -0.174. The van der Waals surface area contributed by atoms with E-state index in [0.717, 1.165) is 33.6 Å². The van der Waals surface area contributed by atoms with Crippen LogP contribution in [0.3, 0.4) is 0 Å². The second kappa shape index (κ2) is 13.6. The molecule has 2 amide bonds. The summed E-state index contributed by atoms with van der Waals surface area (Å²) in [6, 6.07) is 31.8. The van der Waals surface area contributed by atoms with Crippen LogP contribution in [0.25, 0.3) is 33.9 Å². The van der Waals surface area contributed by atoms with E-state index < -0.39 is 0 Å². The van der Waals surface area contributed by atoms with Gasteiger partial charge in [-0.25, -0.2) is 18.1 Å². The molecule has 0 saturated carbocycles. The molecule has 2 aliphatic rings. The van der Waals surface area contributed by atoms with Crippen LogP contribution in [0.4, 0.5) is 8.78 Å². The highest BCUT2D eigenvalue weighted by molar-refractivity contribution is 8.00. The van der Waals surface area contributed by atoms with Crippen molar-refractivity contribution >= 4 is 35.3 Å². The van der Waals surface area contributed by atoms with E-state index in [0.29, 0.717) is 24.5 Å². The van der Waals surface area contributed by atoms with Crippen LogP contribution in [-0.4, -0.2) is 65.8 Å². The van der Waals surface area contributed by atoms with E-state index in [-0.39, 0.29) is 45.7 Å². The summed E-state index contributed by atoms with van der Waals surface area (Å²) in [5, 5.41) is 9.08. The van der Waals surface area contributed by atoms with Crippen LogP contribution in [0.15, 0.2) is 122 Å². The van der Waals surface area contributed by atoms with Crippen LogP contribution >= 0.6 is 23.5 Å². The van der Waals surface area contributed by atoms with E-state index in [1.165, 1.54) is 47.8 Å². The molecule has 0 unspecified atom stereocenters. The number of hydrogen-bond acceptors (Lipinski definition) is 6. The van der Waals surface area contributed by atoms with Gasteiger partial charge in [0.25, 0.3) is 0 Å². The monoisotopic (exact) mass is 704 g/mol. The molecule has 2 saturated heterocycles. The number of benzene rings is 4. The highest BCUT2D eigenvalue weighted by atomic mass is 32.2. The second-order valence-electron chi connectivity index (χ2n) is 11.9. The van der Waals surface area contributed by atoms with E-state index in [1.54, 1.807) is 33.6 Å².